The summed E-state index contributed by atoms with van der Waals surface area (Å²) in [5.41, 5.74) is 4.57. The largest absolute Gasteiger partial charge is 0.480 e. The monoisotopic (exact) mass is 452 g/mol. The van der Waals surface area contributed by atoms with Gasteiger partial charge in [0, 0.05) is 24.9 Å². The summed E-state index contributed by atoms with van der Waals surface area (Å²) in [5, 5.41) is 11.9. The molecule has 7 heteroatoms. The summed E-state index contributed by atoms with van der Waals surface area (Å²) < 4.78 is 5.57. The lowest BCUT2D eigenvalue weighted by atomic mass is 9.98. The molecule has 0 fully saturated rings. The molecular formula is C26H32N2O5. The molecule has 2 amide bonds. The minimum atomic E-state index is -1.05. The second-order valence-electron chi connectivity index (χ2n) is 8.84. The van der Waals surface area contributed by atoms with Gasteiger partial charge in [0.15, 0.2) is 0 Å². The van der Waals surface area contributed by atoms with Crippen molar-refractivity contribution in [1.29, 1.82) is 0 Å². The number of nitrogens with zero attached hydrogens (tertiary/aromatic N) is 1. The summed E-state index contributed by atoms with van der Waals surface area (Å²) >= 11 is 0. The Balaban J connectivity index is 1.59. The fourth-order valence-electron chi connectivity index (χ4n) is 4.30. The number of hydrogen-bond donors (Lipinski definition) is 2. The van der Waals surface area contributed by atoms with Crippen LogP contribution < -0.4 is 5.32 Å². The van der Waals surface area contributed by atoms with E-state index >= 15 is 0 Å². The molecule has 0 heterocycles. The van der Waals surface area contributed by atoms with Gasteiger partial charge in [-0.25, -0.2) is 4.79 Å². The first-order valence-corrected chi connectivity index (χ1v) is 11.4. The highest BCUT2D eigenvalue weighted by molar-refractivity contribution is 5.82. The Kier molecular flexibility index (Phi) is 8.09. The predicted molar refractivity (Wildman–Crippen MR) is 126 cm³/mol. The summed E-state index contributed by atoms with van der Waals surface area (Å²) in [6.07, 6.45) is -0.0238. The SMILES string of the molecule is CCC(CC(=O)N(CC(=O)O)CC(C)C)NC(=O)OCC1c2ccccc2-c2ccccc21. The van der Waals surface area contributed by atoms with Crippen LogP contribution >= 0.6 is 0 Å². The van der Waals surface area contributed by atoms with Crippen molar-refractivity contribution >= 4 is 18.0 Å². The Morgan fingerprint density at radius 1 is 1.03 bits per heavy atom. The van der Waals surface area contributed by atoms with E-state index in [-0.39, 0.29) is 37.3 Å². The molecule has 1 atom stereocenters. The molecule has 0 spiro atoms. The first kappa shape index (κ1) is 24.3. The van der Waals surface area contributed by atoms with Gasteiger partial charge in [-0.2, -0.15) is 0 Å². The number of carbonyl (C=O) groups excluding carboxylic acids is 2. The van der Waals surface area contributed by atoms with Crippen LogP contribution in [-0.4, -0.2) is 53.7 Å². The molecule has 0 aliphatic heterocycles. The van der Waals surface area contributed by atoms with Crippen molar-refractivity contribution in [3.05, 3.63) is 59.7 Å². The Morgan fingerprint density at radius 3 is 2.12 bits per heavy atom. The lowest BCUT2D eigenvalue weighted by Gasteiger charge is -2.25. The smallest absolute Gasteiger partial charge is 0.407 e. The molecule has 0 saturated heterocycles. The lowest BCUT2D eigenvalue weighted by Crippen LogP contribution is -2.43. The van der Waals surface area contributed by atoms with Crippen LogP contribution in [-0.2, 0) is 14.3 Å². The number of aliphatic carboxylic acids is 1. The van der Waals surface area contributed by atoms with Crippen LogP contribution in [0.2, 0.25) is 0 Å². The summed E-state index contributed by atoms with van der Waals surface area (Å²) in [6, 6.07) is 15.8. The number of nitrogens with one attached hydrogen (secondary N) is 1. The van der Waals surface area contributed by atoms with Crippen LogP contribution in [0.4, 0.5) is 4.79 Å². The molecule has 1 unspecified atom stereocenters. The molecule has 2 aromatic rings. The van der Waals surface area contributed by atoms with Gasteiger partial charge in [0.05, 0.1) is 0 Å². The lowest BCUT2D eigenvalue weighted by molar-refractivity contribution is -0.145. The maximum atomic E-state index is 12.7. The third kappa shape index (κ3) is 6.12. The van der Waals surface area contributed by atoms with Crippen molar-refractivity contribution < 1.29 is 24.2 Å². The van der Waals surface area contributed by atoms with Crippen LogP contribution in [0, 0.1) is 5.92 Å². The second-order valence-corrected chi connectivity index (χ2v) is 8.84. The molecule has 0 aromatic heterocycles. The van der Waals surface area contributed by atoms with Gasteiger partial charge in [0.2, 0.25) is 5.91 Å². The number of amides is 2. The molecule has 1 aliphatic carbocycles. The average Bonchev–Trinajstić information content (AvgIpc) is 3.10. The fourth-order valence-corrected chi connectivity index (χ4v) is 4.30. The quantitative estimate of drug-likeness (QED) is 0.561. The molecule has 2 aromatic carbocycles. The van der Waals surface area contributed by atoms with E-state index in [4.69, 9.17) is 9.84 Å². The van der Waals surface area contributed by atoms with Gasteiger partial charge >= 0.3 is 12.1 Å². The number of alkyl carbamates (subject to hydrolysis) is 1. The van der Waals surface area contributed by atoms with Crippen LogP contribution in [0.3, 0.4) is 0 Å². The van der Waals surface area contributed by atoms with Crippen molar-refractivity contribution in [1.82, 2.24) is 10.2 Å². The molecule has 0 bridgehead atoms. The van der Waals surface area contributed by atoms with E-state index in [1.165, 1.54) is 4.90 Å². The topological polar surface area (TPSA) is 95.9 Å². The molecule has 0 saturated carbocycles. The molecule has 1 aliphatic rings. The molecule has 3 rings (SSSR count). The number of rotatable bonds is 10. The van der Waals surface area contributed by atoms with E-state index in [0.717, 1.165) is 22.3 Å². The highest BCUT2D eigenvalue weighted by Crippen LogP contribution is 2.44. The molecular weight excluding hydrogens is 420 g/mol. The third-order valence-corrected chi connectivity index (χ3v) is 5.84. The van der Waals surface area contributed by atoms with Crippen LogP contribution in [0.25, 0.3) is 11.1 Å². The van der Waals surface area contributed by atoms with E-state index in [2.05, 4.69) is 29.6 Å². The van der Waals surface area contributed by atoms with Gasteiger partial charge in [-0.3, -0.25) is 9.59 Å². The van der Waals surface area contributed by atoms with Crippen molar-refractivity contribution in [3.63, 3.8) is 0 Å². The molecule has 176 valence electrons. The average molecular weight is 453 g/mol. The standard InChI is InChI=1S/C26H32N2O5/c1-4-18(13-24(29)28(14-17(2)3)15-25(30)31)27-26(32)33-16-23-21-11-7-5-9-19(21)20-10-6-8-12-22(20)23/h5-12,17-18,23H,4,13-16H2,1-3H3,(H,27,32)(H,30,31). The van der Waals surface area contributed by atoms with Gasteiger partial charge in [-0.15, -0.1) is 0 Å². The Morgan fingerprint density at radius 2 is 1.61 bits per heavy atom. The summed E-state index contributed by atoms with van der Waals surface area (Å²) in [7, 11) is 0. The van der Waals surface area contributed by atoms with Gasteiger partial charge < -0.3 is 20.1 Å². The van der Waals surface area contributed by atoms with Crippen LogP contribution in [0.5, 0.6) is 0 Å². The first-order valence-electron chi connectivity index (χ1n) is 11.4. The Hall–Kier alpha value is -3.35. The first-order chi connectivity index (χ1) is 15.8. The van der Waals surface area contributed by atoms with E-state index in [9.17, 15) is 14.4 Å². The molecule has 33 heavy (non-hydrogen) atoms. The summed E-state index contributed by atoms with van der Waals surface area (Å²) in [6.45, 7) is 5.92. The highest BCUT2D eigenvalue weighted by atomic mass is 16.5. The third-order valence-electron chi connectivity index (χ3n) is 5.84. The number of benzene rings is 2. The van der Waals surface area contributed by atoms with Crippen molar-refractivity contribution in [2.24, 2.45) is 5.92 Å². The zero-order valence-electron chi connectivity index (χ0n) is 19.4. The highest BCUT2D eigenvalue weighted by Gasteiger charge is 2.29. The maximum Gasteiger partial charge on any atom is 0.407 e. The predicted octanol–water partition coefficient (Wildman–Crippen LogP) is 4.26. The number of carboxylic acids is 1. The molecule has 0 radical (unpaired) electrons. The molecule has 7 nitrogen and oxygen atoms in total. The van der Waals surface area contributed by atoms with Gasteiger partial charge in [-0.1, -0.05) is 69.3 Å². The Bertz CT molecular complexity index is 958. The Labute approximate surface area is 194 Å². The van der Waals surface area contributed by atoms with Crippen molar-refractivity contribution in [3.8, 4) is 11.1 Å². The minimum Gasteiger partial charge on any atom is -0.480 e. The minimum absolute atomic E-state index is 0.0285. The summed E-state index contributed by atoms with van der Waals surface area (Å²) in [5.74, 6) is -1.25. The normalized spacial score (nSPS) is 13.2. The van der Waals surface area contributed by atoms with Crippen molar-refractivity contribution in [2.45, 2.75) is 45.6 Å². The van der Waals surface area contributed by atoms with E-state index in [1.54, 1.807) is 0 Å². The number of ether oxygens (including phenoxy) is 1. The number of carbonyl (C=O) groups is 3. The zero-order chi connectivity index (χ0) is 24.0. The van der Waals surface area contributed by atoms with E-state index < -0.39 is 18.1 Å². The van der Waals surface area contributed by atoms with Crippen LogP contribution in [0.1, 0.15) is 50.7 Å². The van der Waals surface area contributed by atoms with E-state index in [1.807, 2.05) is 45.0 Å². The number of carboxylic acid groups (broad SMARTS) is 1. The van der Waals surface area contributed by atoms with Gasteiger partial charge in [0.1, 0.15) is 13.2 Å². The maximum absolute atomic E-state index is 12.7. The molecule has 2 N–H and O–H groups in total. The number of hydrogen-bond acceptors (Lipinski definition) is 4. The van der Waals surface area contributed by atoms with Crippen LogP contribution in [0.15, 0.2) is 48.5 Å². The van der Waals surface area contributed by atoms with E-state index in [0.29, 0.717) is 13.0 Å². The van der Waals surface area contributed by atoms with Gasteiger partial charge in [0.25, 0.3) is 0 Å². The number of fused-ring (bicyclic) bond motifs is 3. The second kappa shape index (κ2) is 11.0. The van der Waals surface area contributed by atoms with Gasteiger partial charge in [-0.05, 0) is 34.6 Å². The summed E-state index contributed by atoms with van der Waals surface area (Å²) in [4.78, 5) is 37.7. The fraction of sp³-hybridized carbons (Fsp3) is 0.423. The van der Waals surface area contributed by atoms with Crippen molar-refractivity contribution in [2.75, 3.05) is 19.7 Å². The zero-order valence-corrected chi connectivity index (χ0v) is 19.4.